The minimum atomic E-state index is -0.716. The number of rotatable bonds is 4. The predicted octanol–water partition coefficient (Wildman–Crippen LogP) is 0.853. The third-order valence-corrected chi connectivity index (χ3v) is 7.44. The summed E-state index contributed by atoms with van der Waals surface area (Å²) in [5, 5.41) is 6.21. The van der Waals surface area contributed by atoms with E-state index in [0.717, 1.165) is 5.56 Å². The SMILES string of the molecule is Nc1nc(N)c(C(=O)/N=C2\NCC3(CCN(C(=O)CCC(=O)N4CCc5cc(F)ccc54)CC3)N2)nc1Cl. The lowest BCUT2D eigenvalue weighted by atomic mass is 9.88. The largest absolute Gasteiger partial charge is 0.382 e. The summed E-state index contributed by atoms with van der Waals surface area (Å²) in [5.41, 5.74) is 12.2. The Bertz CT molecular complexity index is 1340. The summed E-state index contributed by atoms with van der Waals surface area (Å²) in [6.07, 6.45) is 2.07. The molecule has 1 aromatic heterocycles. The monoisotopic (exact) mass is 543 g/mol. The second kappa shape index (κ2) is 10.0. The fourth-order valence-corrected chi connectivity index (χ4v) is 5.16. The van der Waals surface area contributed by atoms with Gasteiger partial charge in [0.2, 0.25) is 11.8 Å². The van der Waals surface area contributed by atoms with E-state index >= 15 is 0 Å². The Hall–Kier alpha value is -4.00. The number of amides is 3. The molecule has 3 aliphatic rings. The van der Waals surface area contributed by atoms with Crippen molar-refractivity contribution in [1.29, 1.82) is 0 Å². The number of hydrogen-bond donors (Lipinski definition) is 4. The second-order valence-electron chi connectivity index (χ2n) is 9.61. The summed E-state index contributed by atoms with van der Waals surface area (Å²) < 4.78 is 13.4. The normalized spacial score (nSPS) is 18.8. The van der Waals surface area contributed by atoms with Crippen molar-refractivity contribution in [3.63, 3.8) is 0 Å². The van der Waals surface area contributed by atoms with Gasteiger partial charge in [0.05, 0.1) is 5.54 Å². The number of anilines is 3. The molecule has 0 radical (unpaired) electrons. The smallest absolute Gasteiger partial charge is 0.302 e. The zero-order valence-electron chi connectivity index (χ0n) is 20.5. The quantitative estimate of drug-likeness (QED) is 0.436. The van der Waals surface area contributed by atoms with E-state index in [1.165, 1.54) is 12.1 Å². The Kier molecular flexibility index (Phi) is 6.78. The van der Waals surface area contributed by atoms with Crippen LogP contribution < -0.4 is 27.0 Å². The molecule has 0 aliphatic carbocycles. The number of guanidine groups is 1. The van der Waals surface area contributed by atoms with Gasteiger partial charge in [-0.2, -0.15) is 4.99 Å². The van der Waals surface area contributed by atoms with Crippen molar-refractivity contribution in [2.45, 2.75) is 37.6 Å². The first-order chi connectivity index (χ1) is 18.1. The zero-order chi connectivity index (χ0) is 27.0. The summed E-state index contributed by atoms with van der Waals surface area (Å²) in [6, 6.07) is 4.41. The number of likely N-dealkylation sites (tertiary alicyclic amines) is 1. The number of piperidine rings is 1. The van der Waals surface area contributed by atoms with E-state index in [9.17, 15) is 18.8 Å². The molecule has 0 unspecified atom stereocenters. The molecule has 14 heteroatoms. The number of hydrogen-bond acceptors (Lipinski definition) is 7. The maximum absolute atomic E-state index is 13.4. The molecule has 1 aromatic carbocycles. The first kappa shape index (κ1) is 25.6. The van der Waals surface area contributed by atoms with Gasteiger partial charge in [-0.05, 0) is 43.0 Å². The van der Waals surface area contributed by atoms with Gasteiger partial charge in [0.1, 0.15) is 5.82 Å². The Balaban J connectivity index is 1.12. The van der Waals surface area contributed by atoms with Crippen molar-refractivity contribution in [2.24, 2.45) is 4.99 Å². The average Bonchev–Trinajstić information content (AvgIpc) is 3.48. The average molecular weight is 544 g/mol. The Labute approximate surface area is 222 Å². The number of halogens is 2. The van der Waals surface area contributed by atoms with Crippen molar-refractivity contribution in [2.75, 3.05) is 42.5 Å². The highest BCUT2D eigenvalue weighted by atomic mass is 35.5. The molecule has 0 bridgehead atoms. The summed E-state index contributed by atoms with van der Waals surface area (Å²) >= 11 is 5.85. The van der Waals surface area contributed by atoms with Crippen molar-refractivity contribution < 1.29 is 18.8 Å². The maximum Gasteiger partial charge on any atom is 0.302 e. The number of fused-ring (bicyclic) bond motifs is 1. The summed E-state index contributed by atoms with van der Waals surface area (Å²) in [7, 11) is 0. The molecule has 5 rings (SSSR count). The van der Waals surface area contributed by atoms with E-state index in [1.54, 1.807) is 15.9 Å². The van der Waals surface area contributed by atoms with Crippen LogP contribution in [-0.4, -0.2) is 70.3 Å². The van der Waals surface area contributed by atoms with Crippen LogP contribution in [0.2, 0.25) is 5.15 Å². The molecule has 38 heavy (non-hydrogen) atoms. The van der Waals surface area contributed by atoms with Crippen LogP contribution in [0.5, 0.6) is 0 Å². The van der Waals surface area contributed by atoms with Crippen molar-refractivity contribution in [1.82, 2.24) is 25.5 Å². The molecular formula is C24H27ClFN9O3. The van der Waals surface area contributed by atoms with Crippen LogP contribution in [0.1, 0.15) is 41.7 Å². The van der Waals surface area contributed by atoms with E-state index in [2.05, 4.69) is 25.6 Å². The van der Waals surface area contributed by atoms with E-state index in [0.29, 0.717) is 51.1 Å². The summed E-state index contributed by atoms with van der Waals surface area (Å²) in [6.45, 7) is 2.02. The van der Waals surface area contributed by atoms with Crippen LogP contribution in [0.25, 0.3) is 0 Å². The highest BCUT2D eigenvalue weighted by Gasteiger charge is 2.41. The lowest BCUT2D eigenvalue weighted by Crippen LogP contribution is -2.53. The maximum atomic E-state index is 13.4. The number of aromatic nitrogens is 2. The third-order valence-electron chi connectivity index (χ3n) is 7.16. The minimum absolute atomic E-state index is 0.0758. The molecule has 12 nitrogen and oxygen atoms in total. The van der Waals surface area contributed by atoms with Crippen LogP contribution in [0, 0.1) is 5.82 Å². The van der Waals surface area contributed by atoms with Gasteiger partial charge >= 0.3 is 5.91 Å². The minimum Gasteiger partial charge on any atom is -0.382 e. The second-order valence-corrected chi connectivity index (χ2v) is 9.97. The van der Waals surface area contributed by atoms with Gasteiger partial charge in [-0.1, -0.05) is 11.6 Å². The van der Waals surface area contributed by atoms with Crippen molar-refractivity contribution in [3.05, 3.63) is 40.4 Å². The third kappa shape index (κ3) is 5.05. The molecule has 3 aliphatic heterocycles. The molecule has 3 amide bonds. The fourth-order valence-electron chi connectivity index (χ4n) is 5.04. The molecule has 6 N–H and O–H groups in total. The Morgan fingerprint density at radius 2 is 1.82 bits per heavy atom. The summed E-state index contributed by atoms with van der Waals surface area (Å²) in [4.78, 5) is 53.2. The lowest BCUT2D eigenvalue weighted by molar-refractivity contribution is -0.134. The number of nitrogens with zero attached hydrogens (tertiary/aromatic N) is 5. The number of aliphatic imine (C=N–C) groups is 1. The van der Waals surface area contributed by atoms with Crippen LogP contribution >= 0.6 is 11.6 Å². The van der Waals surface area contributed by atoms with Crippen LogP contribution in [0.3, 0.4) is 0 Å². The highest BCUT2D eigenvalue weighted by Crippen LogP contribution is 2.30. The number of nitrogens with two attached hydrogens (primary N) is 2. The molecule has 2 fully saturated rings. The van der Waals surface area contributed by atoms with Gasteiger partial charge in [-0.15, -0.1) is 0 Å². The van der Waals surface area contributed by atoms with Crippen LogP contribution in [0.15, 0.2) is 23.2 Å². The van der Waals surface area contributed by atoms with E-state index in [1.807, 2.05) is 0 Å². The standard InChI is InChI=1S/C24H27ClFN9O3/c25-19-21(28)31-20(27)18(30-19)22(38)32-23-29-12-24(33-23)6-9-34(10-7-24)16(36)3-4-17(37)35-8-5-13-11-14(26)1-2-15(13)35/h1-2,11H,3-10,12H2,(H4,27,28,31)(H2,29,32,33,38). The molecule has 0 atom stereocenters. The summed E-state index contributed by atoms with van der Waals surface area (Å²) in [5.74, 6) is -1.23. The molecule has 2 aromatic rings. The van der Waals surface area contributed by atoms with Crippen LogP contribution in [0.4, 0.5) is 21.7 Å². The number of carbonyl (C=O) groups excluding carboxylic acids is 3. The van der Waals surface area contributed by atoms with Gasteiger partial charge in [0, 0.05) is 44.7 Å². The molecular weight excluding hydrogens is 517 g/mol. The molecule has 200 valence electrons. The first-order valence-electron chi connectivity index (χ1n) is 12.2. The van der Waals surface area contributed by atoms with Gasteiger partial charge < -0.3 is 31.9 Å². The molecule has 2 saturated heterocycles. The Morgan fingerprint density at radius 1 is 1.08 bits per heavy atom. The molecule has 0 saturated carbocycles. The van der Waals surface area contributed by atoms with E-state index in [-0.39, 0.29) is 64.5 Å². The van der Waals surface area contributed by atoms with Crippen LogP contribution in [-0.2, 0) is 16.0 Å². The van der Waals surface area contributed by atoms with E-state index in [4.69, 9.17) is 23.1 Å². The predicted molar refractivity (Wildman–Crippen MR) is 139 cm³/mol. The van der Waals surface area contributed by atoms with Crippen molar-refractivity contribution in [3.8, 4) is 0 Å². The topological polar surface area (TPSA) is 172 Å². The molecule has 4 heterocycles. The van der Waals surface area contributed by atoms with Gasteiger partial charge in [0.25, 0.3) is 0 Å². The number of nitrogens with one attached hydrogen (secondary N) is 2. The first-order valence-corrected chi connectivity index (χ1v) is 12.6. The van der Waals surface area contributed by atoms with Gasteiger partial charge in [-0.3, -0.25) is 14.4 Å². The van der Waals surface area contributed by atoms with E-state index < -0.39 is 5.91 Å². The fraction of sp³-hybridized carbons (Fsp3) is 0.417. The zero-order valence-corrected chi connectivity index (χ0v) is 21.2. The number of carbonyl (C=O) groups is 3. The highest BCUT2D eigenvalue weighted by molar-refractivity contribution is 6.31. The van der Waals surface area contributed by atoms with Gasteiger partial charge in [-0.25, -0.2) is 14.4 Å². The number of benzene rings is 1. The van der Waals surface area contributed by atoms with Gasteiger partial charge in [0.15, 0.2) is 28.4 Å². The Morgan fingerprint density at radius 3 is 2.58 bits per heavy atom. The number of nitrogen functional groups attached to an aromatic ring is 2. The lowest BCUT2D eigenvalue weighted by Gasteiger charge is -2.38. The van der Waals surface area contributed by atoms with Crippen molar-refractivity contribution >= 4 is 52.6 Å². The molecule has 1 spiro atoms.